The summed E-state index contributed by atoms with van der Waals surface area (Å²) < 4.78 is 20.6. The van der Waals surface area contributed by atoms with Crippen LogP contribution in [0.5, 0.6) is 0 Å². The number of halogens is 2. The molecule has 0 saturated carbocycles. The molecule has 150 valence electrons. The monoisotopic (exact) mass is 449 g/mol. The van der Waals surface area contributed by atoms with Gasteiger partial charge in [-0.2, -0.15) is 0 Å². The summed E-state index contributed by atoms with van der Waals surface area (Å²) in [5.74, 6) is -0.495. The molecule has 0 aliphatic carbocycles. The van der Waals surface area contributed by atoms with Crippen LogP contribution in [0.15, 0.2) is 65.7 Å². The van der Waals surface area contributed by atoms with Crippen LogP contribution in [0.1, 0.15) is 37.8 Å². The van der Waals surface area contributed by atoms with Gasteiger partial charge in [-0.05, 0) is 50.5 Å². The zero-order valence-corrected chi connectivity index (χ0v) is 17.6. The van der Waals surface area contributed by atoms with E-state index in [0.717, 1.165) is 10.0 Å². The van der Waals surface area contributed by atoms with Crippen molar-refractivity contribution in [1.29, 1.82) is 0 Å². The lowest BCUT2D eigenvalue weighted by Gasteiger charge is -2.29. The quantitative estimate of drug-likeness (QED) is 0.530. The predicted octanol–water partition coefficient (Wildman–Crippen LogP) is 5.40. The SMILES string of the molecule is C=CC[C@](O)(CCNC(=O)OC(C)(C)c1ccc(Br)cc1)c1ccccc1F. The minimum atomic E-state index is -1.46. The molecule has 0 aliphatic rings. The van der Waals surface area contributed by atoms with Gasteiger partial charge in [-0.3, -0.25) is 0 Å². The minimum Gasteiger partial charge on any atom is -0.439 e. The normalized spacial score (nSPS) is 13.5. The molecule has 0 spiro atoms. The van der Waals surface area contributed by atoms with E-state index in [9.17, 15) is 14.3 Å². The lowest BCUT2D eigenvalue weighted by molar-refractivity contribution is 0.0204. The minimum absolute atomic E-state index is 0.119. The first-order valence-electron chi connectivity index (χ1n) is 8.99. The van der Waals surface area contributed by atoms with Gasteiger partial charge in [0.25, 0.3) is 0 Å². The molecule has 4 nitrogen and oxygen atoms in total. The van der Waals surface area contributed by atoms with Crippen molar-refractivity contribution in [2.75, 3.05) is 6.54 Å². The fraction of sp³-hybridized carbons (Fsp3) is 0.318. The molecule has 2 rings (SSSR count). The van der Waals surface area contributed by atoms with E-state index in [4.69, 9.17) is 4.74 Å². The van der Waals surface area contributed by atoms with E-state index in [2.05, 4.69) is 27.8 Å². The Bertz CT molecular complexity index is 823. The molecular formula is C22H25BrFNO3. The van der Waals surface area contributed by atoms with Crippen molar-refractivity contribution in [2.45, 2.75) is 37.9 Å². The molecule has 2 aromatic rings. The van der Waals surface area contributed by atoms with E-state index in [1.54, 1.807) is 26.0 Å². The molecule has 0 fully saturated rings. The van der Waals surface area contributed by atoms with Gasteiger partial charge in [-0.25, -0.2) is 9.18 Å². The number of nitrogens with one attached hydrogen (secondary N) is 1. The third-order valence-corrected chi connectivity index (χ3v) is 5.08. The average molecular weight is 450 g/mol. The molecular weight excluding hydrogens is 425 g/mol. The summed E-state index contributed by atoms with van der Waals surface area (Å²) in [5.41, 5.74) is -1.25. The van der Waals surface area contributed by atoms with Gasteiger partial charge in [0.05, 0.1) is 5.60 Å². The molecule has 1 atom stereocenters. The Labute approximate surface area is 173 Å². The molecule has 0 bridgehead atoms. The van der Waals surface area contributed by atoms with Gasteiger partial charge >= 0.3 is 6.09 Å². The van der Waals surface area contributed by atoms with Crippen LogP contribution >= 0.6 is 15.9 Å². The second kappa shape index (κ2) is 9.34. The van der Waals surface area contributed by atoms with Crippen LogP contribution in [-0.2, 0) is 15.9 Å². The third kappa shape index (κ3) is 5.66. The largest absolute Gasteiger partial charge is 0.439 e. The van der Waals surface area contributed by atoms with Crippen molar-refractivity contribution in [3.05, 3.63) is 82.6 Å². The van der Waals surface area contributed by atoms with Crippen molar-refractivity contribution in [3.8, 4) is 0 Å². The second-order valence-electron chi connectivity index (χ2n) is 7.09. The van der Waals surface area contributed by atoms with Crippen molar-refractivity contribution < 1.29 is 19.0 Å². The summed E-state index contributed by atoms with van der Waals surface area (Å²) in [5, 5.41) is 13.5. The van der Waals surface area contributed by atoms with Crippen LogP contribution in [-0.4, -0.2) is 17.7 Å². The van der Waals surface area contributed by atoms with Crippen molar-refractivity contribution in [3.63, 3.8) is 0 Å². The van der Waals surface area contributed by atoms with E-state index in [1.165, 1.54) is 18.2 Å². The number of alkyl carbamates (subject to hydrolysis) is 1. The van der Waals surface area contributed by atoms with Crippen LogP contribution in [0, 0.1) is 5.82 Å². The van der Waals surface area contributed by atoms with Crippen molar-refractivity contribution >= 4 is 22.0 Å². The maximum atomic E-state index is 14.1. The number of carbonyl (C=O) groups is 1. The van der Waals surface area contributed by atoms with Crippen molar-refractivity contribution in [1.82, 2.24) is 5.32 Å². The molecule has 1 amide bonds. The third-order valence-electron chi connectivity index (χ3n) is 4.55. The van der Waals surface area contributed by atoms with Crippen LogP contribution in [0.3, 0.4) is 0 Å². The van der Waals surface area contributed by atoms with Gasteiger partial charge < -0.3 is 15.2 Å². The highest BCUT2D eigenvalue weighted by Gasteiger charge is 2.31. The van der Waals surface area contributed by atoms with E-state index in [-0.39, 0.29) is 24.9 Å². The molecule has 6 heteroatoms. The molecule has 28 heavy (non-hydrogen) atoms. The fourth-order valence-electron chi connectivity index (χ4n) is 2.97. The fourth-order valence-corrected chi connectivity index (χ4v) is 3.24. The number of amides is 1. The summed E-state index contributed by atoms with van der Waals surface area (Å²) in [6, 6.07) is 13.6. The number of hydrogen-bond acceptors (Lipinski definition) is 3. The predicted molar refractivity (Wildman–Crippen MR) is 111 cm³/mol. The summed E-state index contributed by atoms with van der Waals surface area (Å²) in [6.07, 6.45) is 1.20. The van der Waals surface area contributed by atoms with E-state index in [1.807, 2.05) is 24.3 Å². The Kier molecular flexibility index (Phi) is 7.38. The topological polar surface area (TPSA) is 58.6 Å². The first kappa shape index (κ1) is 22.1. The number of aliphatic hydroxyl groups is 1. The highest BCUT2D eigenvalue weighted by Crippen LogP contribution is 2.31. The van der Waals surface area contributed by atoms with Crippen LogP contribution < -0.4 is 5.32 Å². The van der Waals surface area contributed by atoms with Gasteiger partial charge in [0, 0.05) is 16.6 Å². The maximum absolute atomic E-state index is 14.1. The zero-order chi connectivity index (χ0) is 20.8. The first-order chi connectivity index (χ1) is 13.2. The molecule has 0 aromatic heterocycles. The number of hydrogen-bond donors (Lipinski definition) is 2. The Hall–Kier alpha value is -2.18. The maximum Gasteiger partial charge on any atom is 0.408 e. The molecule has 0 saturated heterocycles. The second-order valence-corrected chi connectivity index (χ2v) is 8.00. The summed E-state index contributed by atoms with van der Waals surface area (Å²) >= 11 is 3.38. The van der Waals surface area contributed by atoms with Gasteiger partial charge in [0.1, 0.15) is 11.4 Å². The van der Waals surface area contributed by atoms with E-state index in [0.29, 0.717) is 0 Å². The summed E-state index contributed by atoms with van der Waals surface area (Å²) in [4.78, 5) is 12.2. The zero-order valence-electron chi connectivity index (χ0n) is 16.0. The molecule has 2 N–H and O–H groups in total. The number of benzene rings is 2. The number of rotatable bonds is 8. The van der Waals surface area contributed by atoms with E-state index < -0.39 is 23.1 Å². The Morgan fingerprint density at radius 3 is 2.50 bits per heavy atom. The number of carbonyl (C=O) groups excluding carboxylic acids is 1. The molecule has 0 aliphatic heterocycles. The van der Waals surface area contributed by atoms with Gasteiger partial charge in [-0.1, -0.05) is 52.3 Å². The van der Waals surface area contributed by atoms with Gasteiger partial charge in [0.2, 0.25) is 0 Å². The lowest BCUT2D eigenvalue weighted by Crippen LogP contribution is -2.37. The molecule has 0 radical (unpaired) electrons. The smallest absolute Gasteiger partial charge is 0.408 e. The highest BCUT2D eigenvalue weighted by molar-refractivity contribution is 9.10. The highest BCUT2D eigenvalue weighted by atomic mass is 79.9. The standard InChI is InChI=1S/C22H25BrFNO3/c1-4-13-22(27,18-7-5-6-8-19(18)24)14-15-25-20(26)28-21(2,3)16-9-11-17(23)12-10-16/h4-12,27H,1,13-15H2,2-3H3,(H,25,26)/t22-/m0/s1. The summed E-state index contributed by atoms with van der Waals surface area (Å²) in [7, 11) is 0. The molecule has 2 aromatic carbocycles. The Balaban J connectivity index is 1.98. The van der Waals surface area contributed by atoms with Gasteiger partial charge in [0.15, 0.2) is 0 Å². The van der Waals surface area contributed by atoms with E-state index >= 15 is 0 Å². The average Bonchev–Trinajstić information content (AvgIpc) is 2.62. The van der Waals surface area contributed by atoms with Gasteiger partial charge in [-0.15, -0.1) is 6.58 Å². The lowest BCUT2D eigenvalue weighted by atomic mass is 9.87. The molecule has 0 unspecified atom stereocenters. The first-order valence-corrected chi connectivity index (χ1v) is 9.78. The van der Waals surface area contributed by atoms with Crippen LogP contribution in [0.4, 0.5) is 9.18 Å². The van der Waals surface area contributed by atoms with Crippen LogP contribution in [0.25, 0.3) is 0 Å². The molecule has 0 heterocycles. The number of ether oxygens (including phenoxy) is 1. The van der Waals surface area contributed by atoms with Crippen molar-refractivity contribution in [2.24, 2.45) is 0 Å². The Morgan fingerprint density at radius 2 is 1.89 bits per heavy atom. The van der Waals surface area contributed by atoms with Crippen LogP contribution in [0.2, 0.25) is 0 Å². The Morgan fingerprint density at radius 1 is 1.25 bits per heavy atom. The summed E-state index contributed by atoms with van der Waals surface area (Å²) in [6.45, 7) is 7.34.